The molecule has 0 saturated carbocycles. The highest BCUT2D eigenvalue weighted by atomic mass is 16.2. The average molecular weight is 330 g/mol. The largest absolute Gasteiger partial charge is 0.322 e. The van der Waals surface area contributed by atoms with E-state index in [9.17, 15) is 9.59 Å². The summed E-state index contributed by atoms with van der Waals surface area (Å²) >= 11 is 0. The molecule has 3 aromatic carbocycles. The number of anilines is 2. The molecule has 0 aliphatic heterocycles. The third-order valence-electron chi connectivity index (χ3n) is 3.80. The molecule has 4 nitrogen and oxygen atoms in total. The molecule has 0 aliphatic carbocycles. The highest BCUT2D eigenvalue weighted by Crippen LogP contribution is 2.21. The summed E-state index contributed by atoms with van der Waals surface area (Å²) in [6.07, 6.45) is 0. The van der Waals surface area contributed by atoms with Crippen LogP contribution in [0.15, 0.2) is 78.9 Å². The van der Waals surface area contributed by atoms with Crippen molar-refractivity contribution in [2.75, 3.05) is 10.6 Å². The number of carbonyl (C=O) groups is 2. The Bertz CT molecular complexity index is 890. The van der Waals surface area contributed by atoms with Crippen LogP contribution in [0.3, 0.4) is 0 Å². The Morgan fingerprint density at radius 1 is 0.680 bits per heavy atom. The molecule has 0 bridgehead atoms. The van der Waals surface area contributed by atoms with Crippen molar-refractivity contribution in [1.82, 2.24) is 0 Å². The minimum Gasteiger partial charge on any atom is -0.322 e. The molecule has 3 aromatic rings. The molecule has 0 aliphatic rings. The Balaban J connectivity index is 1.71. The Morgan fingerprint density at radius 3 is 1.72 bits per heavy atom. The van der Waals surface area contributed by atoms with Crippen molar-refractivity contribution in [3.8, 4) is 0 Å². The average Bonchev–Trinajstić information content (AvgIpc) is 2.65. The minimum absolute atomic E-state index is 0.162. The topological polar surface area (TPSA) is 58.2 Å². The van der Waals surface area contributed by atoms with Crippen molar-refractivity contribution in [2.24, 2.45) is 0 Å². The minimum atomic E-state index is -0.166. The number of amides is 2. The molecular weight excluding hydrogens is 312 g/mol. The molecule has 25 heavy (non-hydrogen) atoms. The van der Waals surface area contributed by atoms with E-state index in [1.54, 1.807) is 36.4 Å². The fraction of sp³-hybridized carbons (Fsp3) is 0.0476. The fourth-order valence-corrected chi connectivity index (χ4v) is 2.46. The van der Waals surface area contributed by atoms with E-state index in [4.69, 9.17) is 0 Å². The van der Waals surface area contributed by atoms with Gasteiger partial charge >= 0.3 is 0 Å². The van der Waals surface area contributed by atoms with Gasteiger partial charge in [0.2, 0.25) is 0 Å². The maximum Gasteiger partial charge on any atom is 0.255 e. The molecule has 3 rings (SSSR count). The quantitative estimate of drug-likeness (QED) is 0.740. The van der Waals surface area contributed by atoms with Gasteiger partial charge in [-0.05, 0) is 55.0 Å². The summed E-state index contributed by atoms with van der Waals surface area (Å²) in [6.45, 7) is 1.89. The van der Waals surface area contributed by atoms with Crippen molar-refractivity contribution in [3.05, 3.63) is 95.6 Å². The van der Waals surface area contributed by atoms with Gasteiger partial charge in [0.05, 0.1) is 0 Å². The standard InChI is InChI=1S/C21H18N2O2/c1-15-14-18(22-20(24)16-8-4-2-5-9-16)12-13-19(15)23-21(25)17-10-6-3-7-11-17/h2-14H,1H3,(H,22,24)(H,23,25). The molecule has 124 valence electrons. The van der Waals surface area contributed by atoms with Crippen LogP contribution in [0.25, 0.3) is 0 Å². The van der Waals surface area contributed by atoms with E-state index in [0.717, 1.165) is 5.56 Å². The van der Waals surface area contributed by atoms with Crippen LogP contribution in [0.4, 0.5) is 11.4 Å². The van der Waals surface area contributed by atoms with Crippen LogP contribution in [0.1, 0.15) is 26.3 Å². The number of carbonyl (C=O) groups excluding carboxylic acids is 2. The zero-order chi connectivity index (χ0) is 17.6. The van der Waals surface area contributed by atoms with E-state index in [0.29, 0.717) is 22.5 Å². The molecule has 2 N–H and O–H groups in total. The van der Waals surface area contributed by atoms with Gasteiger partial charge in [0.25, 0.3) is 11.8 Å². The van der Waals surface area contributed by atoms with Gasteiger partial charge in [0, 0.05) is 22.5 Å². The van der Waals surface area contributed by atoms with Crippen molar-refractivity contribution < 1.29 is 9.59 Å². The monoisotopic (exact) mass is 330 g/mol. The zero-order valence-corrected chi connectivity index (χ0v) is 13.8. The highest BCUT2D eigenvalue weighted by Gasteiger charge is 2.09. The molecule has 0 heterocycles. The number of benzene rings is 3. The number of hydrogen-bond acceptors (Lipinski definition) is 2. The van der Waals surface area contributed by atoms with Crippen LogP contribution < -0.4 is 10.6 Å². The van der Waals surface area contributed by atoms with Crippen molar-refractivity contribution in [3.63, 3.8) is 0 Å². The van der Waals surface area contributed by atoms with Gasteiger partial charge in [0.15, 0.2) is 0 Å². The third-order valence-corrected chi connectivity index (χ3v) is 3.80. The van der Waals surface area contributed by atoms with E-state index in [1.165, 1.54) is 0 Å². The first-order chi connectivity index (χ1) is 12.1. The van der Waals surface area contributed by atoms with Crippen molar-refractivity contribution in [1.29, 1.82) is 0 Å². The summed E-state index contributed by atoms with van der Waals surface area (Å²) in [6, 6.07) is 23.5. The first-order valence-corrected chi connectivity index (χ1v) is 7.97. The van der Waals surface area contributed by atoms with E-state index in [-0.39, 0.29) is 11.8 Å². The summed E-state index contributed by atoms with van der Waals surface area (Å²) in [5, 5.41) is 5.75. The molecule has 0 aromatic heterocycles. The van der Waals surface area contributed by atoms with E-state index >= 15 is 0 Å². The zero-order valence-electron chi connectivity index (χ0n) is 13.8. The Hall–Kier alpha value is -3.40. The van der Waals surface area contributed by atoms with Gasteiger partial charge < -0.3 is 10.6 Å². The van der Waals surface area contributed by atoms with Crippen LogP contribution in [0, 0.1) is 6.92 Å². The highest BCUT2D eigenvalue weighted by molar-refractivity contribution is 6.06. The molecular formula is C21H18N2O2. The first-order valence-electron chi connectivity index (χ1n) is 7.97. The number of rotatable bonds is 4. The van der Waals surface area contributed by atoms with Crippen LogP contribution in [-0.2, 0) is 0 Å². The Morgan fingerprint density at radius 2 is 1.20 bits per heavy atom. The molecule has 0 saturated heterocycles. The summed E-state index contributed by atoms with van der Waals surface area (Å²) in [5.41, 5.74) is 3.47. The first kappa shape index (κ1) is 16.5. The molecule has 0 atom stereocenters. The van der Waals surface area contributed by atoms with E-state index in [2.05, 4.69) is 10.6 Å². The number of aryl methyl sites for hydroxylation is 1. The lowest BCUT2D eigenvalue weighted by atomic mass is 10.1. The van der Waals surface area contributed by atoms with Crippen LogP contribution in [0.5, 0.6) is 0 Å². The lowest BCUT2D eigenvalue weighted by Crippen LogP contribution is -2.14. The summed E-state index contributed by atoms with van der Waals surface area (Å²) in [5.74, 6) is -0.328. The smallest absolute Gasteiger partial charge is 0.255 e. The molecule has 4 heteroatoms. The van der Waals surface area contributed by atoms with Crippen molar-refractivity contribution in [2.45, 2.75) is 6.92 Å². The molecule has 0 fully saturated rings. The summed E-state index contributed by atoms with van der Waals surface area (Å²) in [7, 11) is 0. The van der Waals surface area contributed by atoms with Gasteiger partial charge in [-0.25, -0.2) is 0 Å². The second kappa shape index (κ2) is 7.45. The molecule has 0 spiro atoms. The van der Waals surface area contributed by atoms with Crippen LogP contribution in [-0.4, -0.2) is 11.8 Å². The Labute approximate surface area is 146 Å². The second-order valence-corrected chi connectivity index (χ2v) is 5.67. The van der Waals surface area contributed by atoms with Gasteiger partial charge in [-0.3, -0.25) is 9.59 Å². The molecule has 0 unspecified atom stereocenters. The van der Waals surface area contributed by atoms with E-state index in [1.807, 2.05) is 49.4 Å². The maximum atomic E-state index is 12.2. The fourth-order valence-electron chi connectivity index (χ4n) is 2.46. The van der Waals surface area contributed by atoms with Gasteiger partial charge in [-0.1, -0.05) is 36.4 Å². The molecule has 2 amide bonds. The van der Waals surface area contributed by atoms with Crippen molar-refractivity contribution >= 4 is 23.2 Å². The molecule has 0 radical (unpaired) electrons. The SMILES string of the molecule is Cc1cc(NC(=O)c2ccccc2)ccc1NC(=O)c1ccccc1. The lowest BCUT2D eigenvalue weighted by Gasteiger charge is -2.11. The second-order valence-electron chi connectivity index (χ2n) is 5.67. The maximum absolute atomic E-state index is 12.2. The van der Waals surface area contributed by atoms with Crippen LogP contribution in [0.2, 0.25) is 0 Å². The van der Waals surface area contributed by atoms with E-state index < -0.39 is 0 Å². The summed E-state index contributed by atoms with van der Waals surface area (Å²) in [4.78, 5) is 24.4. The lowest BCUT2D eigenvalue weighted by molar-refractivity contribution is 0.101. The normalized spacial score (nSPS) is 10.1. The van der Waals surface area contributed by atoms with Gasteiger partial charge in [-0.15, -0.1) is 0 Å². The van der Waals surface area contributed by atoms with Gasteiger partial charge in [0.1, 0.15) is 0 Å². The predicted octanol–water partition coefficient (Wildman–Crippen LogP) is 4.50. The summed E-state index contributed by atoms with van der Waals surface area (Å²) < 4.78 is 0. The Kier molecular flexibility index (Phi) is 4.90. The number of hydrogen-bond donors (Lipinski definition) is 2. The third kappa shape index (κ3) is 4.12. The number of nitrogens with one attached hydrogen (secondary N) is 2. The van der Waals surface area contributed by atoms with Gasteiger partial charge in [-0.2, -0.15) is 0 Å². The van der Waals surface area contributed by atoms with Crippen LogP contribution >= 0.6 is 0 Å². The predicted molar refractivity (Wildman–Crippen MR) is 100.0 cm³/mol.